The number of amides is 1. The largest absolute Gasteiger partial charge is 0.345 e. The molecule has 1 aliphatic heterocycles. The Balaban J connectivity index is 1.93. The number of carbonyl (C=O) groups is 1. The molecule has 114 valence electrons. The van der Waals surface area contributed by atoms with Gasteiger partial charge in [0.15, 0.2) is 9.84 Å². The maximum atomic E-state index is 12.2. The van der Waals surface area contributed by atoms with Crippen LogP contribution in [0, 0.1) is 0 Å². The lowest BCUT2D eigenvalue weighted by Crippen LogP contribution is -2.36. The van der Waals surface area contributed by atoms with E-state index in [1.165, 1.54) is 18.3 Å². The molecule has 0 fully saturated rings. The summed E-state index contributed by atoms with van der Waals surface area (Å²) in [6.45, 7) is 0. The molecule has 1 atom stereocenters. The number of aromatic nitrogens is 1. The van der Waals surface area contributed by atoms with Crippen molar-refractivity contribution in [1.29, 1.82) is 0 Å². The van der Waals surface area contributed by atoms with Gasteiger partial charge in [-0.25, -0.2) is 8.42 Å². The van der Waals surface area contributed by atoms with Gasteiger partial charge in [0.05, 0.1) is 16.7 Å². The van der Waals surface area contributed by atoms with Crippen molar-refractivity contribution in [3.63, 3.8) is 0 Å². The van der Waals surface area contributed by atoms with Crippen LogP contribution in [0.5, 0.6) is 0 Å². The van der Waals surface area contributed by atoms with Crippen LogP contribution in [0.25, 0.3) is 0 Å². The second-order valence-corrected chi connectivity index (χ2v) is 7.16. The van der Waals surface area contributed by atoms with Gasteiger partial charge in [-0.05, 0) is 30.2 Å². The minimum atomic E-state index is -3.30. The van der Waals surface area contributed by atoms with Gasteiger partial charge in [-0.15, -0.1) is 0 Å². The van der Waals surface area contributed by atoms with E-state index in [4.69, 9.17) is 0 Å². The van der Waals surface area contributed by atoms with Gasteiger partial charge in [0.25, 0.3) is 11.5 Å². The Kier molecular flexibility index (Phi) is 3.58. The molecule has 1 amide bonds. The van der Waals surface area contributed by atoms with E-state index >= 15 is 0 Å². The lowest BCUT2D eigenvalue weighted by atomic mass is 10.0. The molecule has 1 aromatic carbocycles. The van der Waals surface area contributed by atoms with Gasteiger partial charge in [0.2, 0.25) is 0 Å². The maximum Gasteiger partial charge on any atom is 0.260 e. The summed E-state index contributed by atoms with van der Waals surface area (Å²) in [5, 5.41) is 2.75. The zero-order valence-corrected chi connectivity index (χ0v) is 12.4. The second-order valence-electron chi connectivity index (χ2n) is 5.08. The Labute approximate surface area is 127 Å². The number of benzene rings is 1. The predicted molar refractivity (Wildman–Crippen MR) is 80.4 cm³/mol. The van der Waals surface area contributed by atoms with Crippen LogP contribution in [-0.2, 0) is 9.84 Å². The first-order valence-electron chi connectivity index (χ1n) is 6.79. The van der Waals surface area contributed by atoms with Crippen LogP contribution >= 0.6 is 0 Å². The molecule has 2 N–H and O–H groups in total. The van der Waals surface area contributed by atoms with Crippen LogP contribution in [0.4, 0.5) is 0 Å². The molecule has 2 heterocycles. The molecular weight excluding hydrogens is 304 g/mol. The highest BCUT2D eigenvalue weighted by Crippen LogP contribution is 2.31. The Morgan fingerprint density at radius 2 is 1.95 bits per heavy atom. The smallest absolute Gasteiger partial charge is 0.260 e. The van der Waals surface area contributed by atoms with Gasteiger partial charge in [-0.1, -0.05) is 18.2 Å². The molecule has 6 nitrogen and oxygen atoms in total. The first-order valence-corrected chi connectivity index (χ1v) is 8.44. The summed E-state index contributed by atoms with van der Waals surface area (Å²) < 4.78 is 24.1. The Morgan fingerprint density at radius 3 is 2.73 bits per heavy atom. The molecule has 1 aliphatic rings. The lowest BCUT2D eigenvalue weighted by Gasteiger charge is -2.26. The normalized spacial score (nSPS) is 19.2. The number of hydrogen-bond donors (Lipinski definition) is 2. The minimum absolute atomic E-state index is 0.00779. The predicted octanol–water partition coefficient (Wildman–Crippen LogP) is 1.02. The van der Waals surface area contributed by atoms with Gasteiger partial charge >= 0.3 is 0 Å². The molecule has 0 bridgehead atoms. The summed E-state index contributed by atoms with van der Waals surface area (Å²) in [7, 11) is -3.30. The lowest BCUT2D eigenvalue weighted by molar-refractivity contribution is 0.0933. The van der Waals surface area contributed by atoms with Gasteiger partial charge < -0.3 is 10.3 Å². The van der Waals surface area contributed by atoms with Crippen molar-refractivity contribution in [2.45, 2.75) is 17.4 Å². The van der Waals surface area contributed by atoms with E-state index < -0.39 is 27.3 Å². The molecule has 7 heteroatoms. The molecular formula is C15H14N2O4S. The molecule has 0 radical (unpaired) electrons. The van der Waals surface area contributed by atoms with Crippen LogP contribution in [0.2, 0.25) is 0 Å². The molecule has 0 aliphatic carbocycles. The Morgan fingerprint density at radius 1 is 1.18 bits per heavy atom. The van der Waals surface area contributed by atoms with E-state index in [1.54, 1.807) is 24.3 Å². The number of rotatable bonds is 2. The summed E-state index contributed by atoms with van der Waals surface area (Å²) in [6.07, 6.45) is 1.73. The molecule has 1 aromatic heterocycles. The molecule has 0 saturated carbocycles. The van der Waals surface area contributed by atoms with E-state index in [9.17, 15) is 18.0 Å². The molecule has 0 saturated heterocycles. The number of hydrogen-bond acceptors (Lipinski definition) is 4. The maximum absolute atomic E-state index is 12.2. The first kappa shape index (κ1) is 14.5. The first-order chi connectivity index (χ1) is 10.5. The van der Waals surface area contributed by atoms with Crippen LogP contribution in [0.15, 0.2) is 52.3 Å². The monoisotopic (exact) mass is 318 g/mol. The second kappa shape index (κ2) is 5.42. The van der Waals surface area contributed by atoms with E-state index in [2.05, 4.69) is 10.3 Å². The van der Waals surface area contributed by atoms with Crippen molar-refractivity contribution in [3.8, 4) is 0 Å². The fraction of sp³-hybridized carbons (Fsp3) is 0.200. The highest BCUT2D eigenvalue weighted by Gasteiger charge is 2.31. The standard InChI is InChI=1S/C15H14N2O4S/c18-14-11(5-3-8-16-14)15(19)17-12-7-9-22(20,21)13-6-2-1-4-10(12)13/h1-6,8,12H,7,9H2,(H,16,18)(H,17,19)/t12-/m1/s1. The summed E-state index contributed by atoms with van der Waals surface area (Å²) in [5.41, 5.74) is 0.0968. The van der Waals surface area contributed by atoms with E-state index in [0.29, 0.717) is 5.56 Å². The number of pyridine rings is 1. The van der Waals surface area contributed by atoms with E-state index in [-0.39, 0.29) is 22.6 Å². The van der Waals surface area contributed by atoms with Crippen molar-refractivity contribution >= 4 is 15.7 Å². The van der Waals surface area contributed by atoms with Crippen LogP contribution in [-0.4, -0.2) is 25.1 Å². The van der Waals surface area contributed by atoms with Crippen molar-refractivity contribution in [3.05, 3.63) is 64.1 Å². The van der Waals surface area contributed by atoms with Crippen molar-refractivity contribution in [1.82, 2.24) is 10.3 Å². The summed E-state index contributed by atoms with van der Waals surface area (Å²) >= 11 is 0. The molecule has 2 aromatic rings. The van der Waals surface area contributed by atoms with Crippen LogP contribution in [0.3, 0.4) is 0 Å². The van der Waals surface area contributed by atoms with Gasteiger partial charge in [0, 0.05) is 6.20 Å². The summed E-state index contributed by atoms with van der Waals surface area (Å²) in [6, 6.07) is 9.18. The number of nitrogens with one attached hydrogen (secondary N) is 2. The molecule has 22 heavy (non-hydrogen) atoms. The fourth-order valence-electron chi connectivity index (χ4n) is 2.58. The van der Waals surface area contributed by atoms with Crippen molar-refractivity contribution in [2.75, 3.05) is 5.75 Å². The van der Waals surface area contributed by atoms with Gasteiger partial charge in [-0.2, -0.15) is 0 Å². The molecule has 0 spiro atoms. The zero-order valence-electron chi connectivity index (χ0n) is 11.6. The average Bonchev–Trinajstić information content (AvgIpc) is 2.51. The Hall–Kier alpha value is -2.41. The number of fused-ring (bicyclic) bond motifs is 1. The number of carbonyl (C=O) groups excluding carboxylic acids is 1. The third-order valence-electron chi connectivity index (χ3n) is 3.67. The zero-order chi connectivity index (χ0) is 15.7. The van der Waals surface area contributed by atoms with Crippen LogP contribution in [0.1, 0.15) is 28.4 Å². The Bertz CT molecular complexity index is 886. The summed E-state index contributed by atoms with van der Waals surface area (Å²) in [4.78, 5) is 26.5. The third kappa shape index (κ3) is 2.55. The SMILES string of the molecule is O=C(N[C@@H]1CCS(=O)(=O)c2ccccc21)c1ccc[nH]c1=O. The molecule has 3 rings (SSSR count). The molecule has 0 unspecified atom stereocenters. The highest BCUT2D eigenvalue weighted by atomic mass is 32.2. The minimum Gasteiger partial charge on any atom is -0.345 e. The van der Waals surface area contributed by atoms with Crippen molar-refractivity contribution < 1.29 is 13.2 Å². The van der Waals surface area contributed by atoms with Gasteiger partial charge in [0.1, 0.15) is 5.56 Å². The van der Waals surface area contributed by atoms with Crippen LogP contribution < -0.4 is 10.9 Å². The number of sulfone groups is 1. The number of aromatic amines is 1. The summed E-state index contributed by atoms with van der Waals surface area (Å²) in [5.74, 6) is -0.541. The van der Waals surface area contributed by atoms with Crippen molar-refractivity contribution in [2.24, 2.45) is 0 Å². The highest BCUT2D eigenvalue weighted by molar-refractivity contribution is 7.91. The van der Waals surface area contributed by atoms with Gasteiger partial charge in [-0.3, -0.25) is 9.59 Å². The average molecular weight is 318 g/mol. The third-order valence-corrected chi connectivity index (χ3v) is 5.49. The van der Waals surface area contributed by atoms with E-state index in [0.717, 1.165) is 0 Å². The van der Waals surface area contributed by atoms with E-state index in [1.807, 2.05) is 0 Å². The fourth-order valence-corrected chi connectivity index (χ4v) is 4.20. The topological polar surface area (TPSA) is 96.1 Å². The number of H-pyrrole nitrogens is 1. The quantitative estimate of drug-likeness (QED) is 0.864.